The smallest absolute Gasteiger partial charge is 0.257 e. The van der Waals surface area contributed by atoms with Crippen molar-refractivity contribution in [1.82, 2.24) is 14.8 Å². The summed E-state index contributed by atoms with van der Waals surface area (Å²) in [7, 11) is 2.06. The molecule has 1 aliphatic rings. The number of hydrogen-bond donors (Lipinski definition) is 0. The van der Waals surface area contributed by atoms with Crippen LogP contribution in [0.1, 0.15) is 10.4 Å². The zero-order valence-corrected chi connectivity index (χ0v) is 12.1. The number of para-hydroxylation sites is 1. The van der Waals surface area contributed by atoms with E-state index in [4.69, 9.17) is 11.6 Å². The zero-order valence-electron chi connectivity index (χ0n) is 11.3. The highest BCUT2D eigenvalue weighted by atomic mass is 35.5. The lowest BCUT2D eigenvalue weighted by molar-refractivity contribution is 0.0664. The number of piperazine rings is 1. The maximum atomic E-state index is 12.6. The van der Waals surface area contributed by atoms with Crippen molar-refractivity contribution in [2.75, 3.05) is 33.2 Å². The van der Waals surface area contributed by atoms with Gasteiger partial charge >= 0.3 is 0 Å². The number of halogens is 1. The fraction of sp³-hybridized carbons (Fsp3) is 0.333. The number of rotatable bonds is 1. The molecular weight excluding hydrogens is 274 g/mol. The first kappa shape index (κ1) is 13.3. The molecule has 0 N–H and O–H groups in total. The minimum atomic E-state index is -0.0265. The number of carbonyl (C=O) groups excluding carboxylic acids is 1. The van der Waals surface area contributed by atoms with Gasteiger partial charge in [-0.1, -0.05) is 29.8 Å². The van der Waals surface area contributed by atoms with E-state index in [9.17, 15) is 4.79 Å². The van der Waals surface area contributed by atoms with Gasteiger partial charge in [0, 0.05) is 31.6 Å². The van der Waals surface area contributed by atoms with E-state index in [2.05, 4.69) is 16.9 Å². The van der Waals surface area contributed by atoms with Crippen molar-refractivity contribution in [2.24, 2.45) is 0 Å². The summed E-state index contributed by atoms with van der Waals surface area (Å²) in [6.07, 6.45) is 0. The zero-order chi connectivity index (χ0) is 14.1. The fourth-order valence-electron chi connectivity index (χ4n) is 2.42. The summed E-state index contributed by atoms with van der Waals surface area (Å²) in [6.45, 7) is 3.26. The Hall–Kier alpha value is -1.65. The largest absolute Gasteiger partial charge is 0.336 e. The Morgan fingerprint density at radius 2 is 1.90 bits per heavy atom. The second-order valence-corrected chi connectivity index (χ2v) is 5.47. The predicted molar refractivity (Wildman–Crippen MR) is 80.2 cm³/mol. The lowest BCUT2D eigenvalue weighted by Crippen LogP contribution is -2.47. The van der Waals surface area contributed by atoms with Gasteiger partial charge in [-0.15, -0.1) is 0 Å². The van der Waals surface area contributed by atoms with E-state index < -0.39 is 0 Å². The molecule has 1 aromatic carbocycles. The monoisotopic (exact) mass is 289 g/mol. The first-order chi connectivity index (χ1) is 9.65. The summed E-state index contributed by atoms with van der Waals surface area (Å²) in [5, 5.41) is 1.22. The van der Waals surface area contributed by atoms with Crippen LogP contribution in [-0.4, -0.2) is 53.9 Å². The van der Waals surface area contributed by atoms with Crippen LogP contribution in [0.3, 0.4) is 0 Å². The second-order valence-electron chi connectivity index (χ2n) is 5.11. The van der Waals surface area contributed by atoms with Gasteiger partial charge in [0.2, 0.25) is 0 Å². The lowest BCUT2D eigenvalue weighted by atomic mass is 10.1. The molecule has 5 heteroatoms. The topological polar surface area (TPSA) is 36.4 Å². The van der Waals surface area contributed by atoms with E-state index in [1.54, 1.807) is 0 Å². The fourth-order valence-corrected chi connectivity index (χ4v) is 2.65. The highest BCUT2D eigenvalue weighted by Gasteiger charge is 2.23. The van der Waals surface area contributed by atoms with Crippen LogP contribution in [-0.2, 0) is 0 Å². The van der Waals surface area contributed by atoms with Gasteiger partial charge in [0.05, 0.1) is 11.1 Å². The molecule has 20 heavy (non-hydrogen) atoms. The van der Waals surface area contributed by atoms with Gasteiger partial charge in [0.25, 0.3) is 5.91 Å². The first-order valence-electron chi connectivity index (χ1n) is 6.68. The van der Waals surface area contributed by atoms with Gasteiger partial charge in [-0.3, -0.25) is 4.79 Å². The van der Waals surface area contributed by atoms with Crippen molar-refractivity contribution >= 4 is 28.4 Å². The molecule has 3 rings (SSSR count). The molecule has 1 aliphatic heterocycles. The lowest BCUT2D eigenvalue weighted by Gasteiger charge is -2.32. The number of likely N-dealkylation sites (N-methyl/N-ethyl adjacent to an activating group) is 1. The van der Waals surface area contributed by atoms with Crippen LogP contribution in [0.2, 0.25) is 5.15 Å². The van der Waals surface area contributed by atoms with Crippen LogP contribution in [0, 0.1) is 0 Å². The molecule has 0 aliphatic carbocycles. The Morgan fingerprint density at radius 1 is 1.20 bits per heavy atom. The standard InChI is InChI=1S/C15H16ClN3O/c1-18-6-8-19(9-7-18)15(20)12-10-11-4-2-3-5-13(11)17-14(12)16/h2-5,10H,6-9H2,1H3. The molecule has 1 aromatic heterocycles. The van der Waals surface area contributed by atoms with Crippen molar-refractivity contribution in [2.45, 2.75) is 0 Å². The minimum absolute atomic E-state index is 0.0265. The molecule has 0 spiro atoms. The van der Waals surface area contributed by atoms with E-state index in [1.165, 1.54) is 0 Å². The third-order valence-corrected chi connectivity index (χ3v) is 3.99. The highest BCUT2D eigenvalue weighted by Crippen LogP contribution is 2.22. The van der Waals surface area contributed by atoms with Crippen LogP contribution in [0.4, 0.5) is 0 Å². The van der Waals surface area contributed by atoms with Crippen molar-refractivity contribution in [1.29, 1.82) is 0 Å². The molecule has 1 saturated heterocycles. The van der Waals surface area contributed by atoms with Crippen molar-refractivity contribution in [3.8, 4) is 0 Å². The number of fused-ring (bicyclic) bond motifs is 1. The maximum Gasteiger partial charge on any atom is 0.257 e. The van der Waals surface area contributed by atoms with Gasteiger partial charge in [-0.25, -0.2) is 4.98 Å². The third-order valence-electron chi connectivity index (χ3n) is 3.70. The number of pyridine rings is 1. The molecule has 2 aromatic rings. The van der Waals surface area contributed by atoms with E-state index >= 15 is 0 Å². The number of benzene rings is 1. The van der Waals surface area contributed by atoms with Crippen LogP contribution in [0.25, 0.3) is 10.9 Å². The Morgan fingerprint density at radius 3 is 2.65 bits per heavy atom. The van der Waals surface area contributed by atoms with Crippen LogP contribution < -0.4 is 0 Å². The van der Waals surface area contributed by atoms with Crippen molar-refractivity contribution in [3.05, 3.63) is 41.0 Å². The van der Waals surface area contributed by atoms with Gasteiger partial charge in [0.1, 0.15) is 5.15 Å². The molecule has 2 heterocycles. The van der Waals surface area contributed by atoms with Gasteiger partial charge in [-0.05, 0) is 19.2 Å². The van der Waals surface area contributed by atoms with E-state index in [0.29, 0.717) is 5.56 Å². The molecule has 1 amide bonds. The average Bonchev–Trinajstić information content (AvgIpc) is 2.46. The second kappa shape index (κ2) is 5.38. The van der Waals surface area contributed by atoms with Crippen LogP contribution >= 0.6 is 11.6 Å². The summed E-state index contributed by atoms with van der Waals surface area (Å²) >= 11 is 6.18. The highest BCUT2D eigenvalue weighted by molar-refractivity contribution is 6.33. The number of carbonyl (C=O) groups is 1. The molecular formula is C15H16ClN3O. The Kier molecular flexibility index (Phi) is 3.59. The molecule has 0 saturated carbocycles. The number of aromatic nitrogens is 1. The average molecular weight is 290 g/mol. The molecule has 0 radical (unpaired) electrons. The molecule has 0 bridgehead atoms. The molecule has 0 unspecified atom stereocenters. The summed E-state index contributed by atoms with van der Waals surface area (Å²) < 4.78 is 0. The van der Waals surface area contributed by atoms with Gasteiger partial charge < -0.3 is 9.80 Å². The van der Waals surface area contributed by atoms with Gasteiger partial charge in [0.15, 0.2) is 0 Å². The van der Waals surface area contributed by atoms with Gasteiger partial charge in [-0.2, -0.15) is 0 Å². The molecule has 104 valence electrons. The first-order valence-corrected chi connectivity index (χ1v) is 7.06. The third kappa shape index (κ3) is 2.49. The Balaban J connectivity index is 1.93. The number of nitrogens with zero attached hydrogens (tertiary/aromatic N) is 3. The van der Waals surface area contributed by atoms with E-state index in [-0.39, 0.29) is 11.1 Å². The number of amides is 1. The van der Waals surface area contributed by atoms with Crippen molar-refractivity contribution in [3.63, 3.8) is 0 Å². The minimum Gasteiger partial charge on any atom is -0.336 e. The summed E-state index contributed by atoms with van der Waals surface area (Å²) in [5.74, 6) is -0.0265. The Bertz CT molecular complexity index is 651. The number of hydrogen-bond acceptors (Lipinski definition) is 3. The van der Waals surface area contributed by atoms with E-state index in [1.807, 2.05) is 35.2 Å². The molecule has 4 nitrogen and oxygen atoms in total. The quantitative estimate of drug-likeness (QED) is 0.756. The molecule has 1 fully saturated rings. The normalized spacial score (nSPS) is 16.6. The van der Waals surface area contributed by atoms with E-state index in [0.717, 1.165) is 37.1 Å². The van der Waals surface area contributed by atoms with Crippen molar-refractivity contribution < 1.29 is 4.79 Å². The van der Waals surface area contributed by atoms with Crippen LogP contribution in [0.5, 0.6) is 0 Å². The summed E-state index contributed by atoms with van der Waals surface area (Å²) in [4.78, 5) is 20.9. The summed E-state index contributed by atoms with van der Waals surface area (Å²) in [6, 6.07) is 9.52. The summed E-state index contributed by atoms with van der Waals surface area (Å²) in [5.41, 5.74) is 1.31. The van der Waals surface area contributed by atoms with Crippen LogP contribution in [0.15, 0.2) is 30.3 Å². The maximum absolute atomic E-state index is 12.6. The Labute approximate surface area is 123 Å². The predicted octanol–water partition coefficient (Wildman–Crippen LogP) is 2.28. The SMILES string of the molecule is CN1CCN(C(=O)c2cc3ccccc3nc2Cl)CC1. The molecule has 0 atom stereocenters.